The maximum Gasteiger partial charge on any atom is 0.220 e. The summed E-state index contributed by atoms with van der Waals surface area (Å²) in [6.07, 6.45) is 5.27. The van der Waals surface area contributed by atoms with Crippen molar-refractivity contribution in [2.75, 3.05) is 14.2 Å². The minimum atomic E-state index is -0.311. The highest BCUT2D eigenvalue weighted by Gasteiger charge is 2.26. The number of nitrogens with one attached hydrogen (secondary N) is 1. The summed E-state index contributed by atoms with van der Waals surface area (Å²) < 4.78 is 26.5. The highest BCUT2D eigenvalue weighted by Crippen LogP contribution is 2.32. The van der Waals surface area contributed by atoms with E-state index in [-0.39, 0.29) is 17.8 Å². The molecule has 2 aromatic carbocycles. The number of amides is 1. The molecule has 6 nitrogen and oxygen atoms in total. The lowest BCUT2D eigenvalue weighted by molar-refractivity contribution is -0.121. The number of fused-ring (bicyclic) bond motifs is 1. The number of aromatic nitrogens is 2. The van der Waals surface area contributed by atoms with Crippen molar-refractivity contribution in [3.8, 4) is 17.2 Å². The van der Waals surface area contributed by atoms with E-state index in [1.807, 2.05) is 18.2 Å². The van der Waals surface area contributed by atoms with Gasteiger partial charge in [0.25, 0.3) is 0 Å². The van der Waals surface area contributed by atoms with Crippen LogP contribution in [0.4, 0.5) is 4.39 Å². The number of hydrogen-bond donors (Lipinski definition) is 1. The van der Waals surface area contributed by atoms with Crippen molar-refractivity contribution in [3.05, 3.63) is 71.3 Å². The molecule has 1 aromatic heterocycles. The van der Waals surface area contributed by atoms with Crippen molar-refractivity contribution in [1.82, 2.24) is 15.1 Å². The molecule has 4 rings (SSSR count). The van der Waals surface area contributed by atoms with E-state index >= 15 is 0 Å². The largest absolute Gasteiger partial charge is 0.493 e. The van der Waals surface area contributed by atoms with E-state index in [0.717, 1.165) is 36.1 Å². The number of ether oxygens (including phenoxy) is 2. The molecule has 0 aliphatic heterocycles. The van der Waals surface area contributed by atoms with Crippen molar-refractivity contribution < 1.29 is 18.7 Å². The van der Waals surface area contributed by atoms with Gasteiger partial charge in [-0.1, -0.05) is 18.2 Å². The lowest BCUT2D eigenvalue weighted by Crippen LogP contribution is -2.31. The van der Waals surface area contributed by atoms with Gasteiger partial charge in [0.15, 0.2) is 11.5 Å². The highest BCUT2D eigenvalue weighted by atomic mass is 19.1. The fourth-order valence-electron chi connectivity index (χ4n) is 4.10. The van der Waals surface area contributed by atoms with Crippen LogP contribution in [0.2, 0.25) is 0 Å². The van der Waals surface area contributed by atoms with Crippen LogP contribution in [0.3, 0.4) is 0 Å². The van der Waals surface area contributed by atoms with Gasteiger partial charge in [0, 0.05) is 17.7 Å². The molecule has 1 aliphatic rings. The summed E-state index contributed by atoms with van der Waals surface area (Å²) in [7, 11) is 3.19. The predicted molar refractivity (Wildman–Crippen MR) is 115 cm³/mol. The Morgan fingerprint density at radius 1 is 1.19 bits per heavy atom. The Hall–Kier alpha value is -3.35. The first-order chi connectivity index (χ1) is 15.1. The molecule has 0 unspecified atom stereocenters. The second-order valence-corrected chi connectivity index (χ2v) is 7.61. The fourth-order valence-corrected chi connectivity index (χ4v) is 4.10. The second-order valence-electron chi connectivity index (χ2n) is 7.61. The molecule has 1 N–H and O–H groups in total. The van der Waals surface area contributed by atoms with Crippen molar-refractivity contribution in [2.24, 2.45) is 0 Å². The van der Waals surface area contributed by atoms with E-state index in [0.29, 0.717) is 30.0 Å². The number of benzene rings is 2. The van der Waals surface area contributed by atoms with Crippen LogP contribution < -0.4 is 14.8 Å². The van der Waals surface area contributed by atoms with Gasteiger partial charge in [0.05, 0.1) is 26.5 Å². The van der Waals surface area contributed by atoms with Crippen molar-refractivity contribution in [3.63, 3.8) is 0 Å². The number of carbonyl (C=O) groups excluding carboxylic acids is 1. The quantitative estimate of drug-likeness (QED) is 0.620. The molecule has 0 saturated carbocycles. The highest BCUT2D eigenvalue weighted by molar-refractivity contribution is 5.76. The summed E-state index contributed by atoms with van der Waals surface area (Å²) in [4.78, 5) is 12.6. The summed E-state index contributed by atoms with van der Waals surface area (Å²) in [5.74, 6) is 0.982. The topological polar surface area (TPSA) is 65.4 Å². The van der Waals surface area contributed by atoms with Crippen molar-refractivity contribution in [2.45, 2.75) is 38.1 Å². The number of aryl methyl sites for hydroxylation is 1. The van der Waals surface area contributed by atoms with E-state index in [2.05, 4.69) is 10.4 Å². The van der Waals surface area contributed by atoms with Crippen LogP contribution in [0.15, 0.2) is 48.7 Å². The zero-order valence-electron chi connectivity index (χ0n) is 17.7. The number of methoxy groups -OCH3 is 2. The van der Waals surface area contributed by atoms with Crippen molar-refractivity contribution >= 4 is 5.91 Å². The molecular weight excluding hydrogens is 397 g/mol. The molecule has 0 saturated heterocycles. The minimum absolute atomic E-state index is 0.0220. The van der Waals surface area contributed by atoms with Crippen LogP contribution >= 0.6 is 0 Å². The lowest BCUT2D eigenvalue weighted by atomic mass is 9.92. The molecule has 31 heavy (non-hydrogen) atoms. The van der Waals surface area contributed by atoms with Gasteiger partial charge in [-0.3, -0.25) is 4.79 Å². The Kier molecular flexibility index (Phi) is 6.21. The first-order valence-electron chi connectivity index (χ1n) is 10.4. The third kappa shape index (κ3) is 4.40. The van der Waals surface area contributed by atoms with E-state index in [1.165, 1.54) is 6.07 Å². The molecule has 7 heteroatoms. The fraction of sp³-hybridized carbons (Fsp3) is 0.333. The van der Waals surface area contributed by atoms with E-state index in [9.17, 15) is 9.18 Å². The number of para-hydroxylation sites is 1. The molecule has 1 heterocycles. The zero-order chi connectivity index (χ0) is 21.8. The first kappa shape index (κ1) is 20.9. The van der Waals surface area contributed by atoms with Crippen LogP contribution in [0.5, 0.6) is 11.5 Å². The summed E-state index contributed by atoms with van der Waals surface area (Å²) in [5, 5.41) is 7.55. The molecule has 0 bridgehead atoms. The van der Waals surface area contributed by atoms with Crippen LogP contribution in [-0.4, -0.2) is 29.9 Å². The monoisotopic (exact) mass is 423 g/mol. The maximum absolute atomic E-state index is 14.2. The van der Waals surface area contributed by atoms with Gasteiger partial charge in [0.1, 0.15) is 11.5 Å². The Morgan fingerprint density at radius 2 is 2.00 bits per heavy atom. The molecule has 3 aromatic rings. The molecule has 1 aliphatic carbocycles. The number of rotatable bonds is 7. The third-order valence-electron chi connectivity index (χ3n) is 5.69. The summed E-state index contributed by atoms with van der Waals surface area (Å²) in [5.41, 5.74) is 3.36. The maximum atomic E-state index is 14.2. The average Bonchev–Trinajstić information content (AvgIpc) is 3.23. The van der Waals surface area contributed by atoms with Crippen LogP contribution in [0.25, 0.3) is 5.69 Å². The van der Waals surface area contributed by atoms with E-state index in [1.54, 1.807) is 43.3 Å². The van der Waals surface area contributed by atoms with Crippen LogP contribution in [0.1, 0.15) is 42.1 Å². The number of nitrogens with zero attached hydrogens (tertiary/aromatic N) is 2. The number of carbonyl (C=O) groups is 1. The number of halogens is 1. The standard InChI is InChI=1S/C24H26FN3O3/c1-30-22-12-10-16(14-23(22)31-2)11-13-24(29)27-19-7-5-9-20-17(19)15-26-28(20)21-8-4-3-6-18(21)25/h3-4,6,8,10,12,14-15,19H,5,7,9,11,13H2,1-2H3,(H,27,29)/t19-/m0/s1. The van der Waals surface area contributed by atoms with Gasteiger partial charge in [-0.25, -0.2) is 9.07 Å². The third-order valence-corrected chi connectivity index (χ3v) is 5.69. The van der Waals surface area contributed by atoms with Crippen LogP contribution in [-0.2, 0) is 17.6 Å². The molecule has 0 fully saturated rings. The molecule has 162 valence electrons. The Labute approximate surface area is 181 Å². The summed E-state index contributed by atoms with van der Waals surface area (Å²) >= 11 is 0. The molecule has 0 radical (unpaired) electrons. The number of hydrogen-bond acceptors (Lipinski definition) is 4. The molecule has 0 spiro atoms. The second kappa shape index (κ2) is 9.20. The summed E-state index contributed by atoms with van der Waals surface area (Å²) in [6.45, 7) is 0. The normalized spacial score (nSPS) is 15.3. The molecule has 1 atom stereocenters. The van der Waals surface area contributed by atoms with Crippen LogP contribution in [0, 0.1) is 5.82 Å². The Morgan fingerprint density at radius 3 is 2.77 bits per heavy atom. The zero-order valence-corrected chi connectivity index (χ0v) is 17.7. The lowest BCUT2D eigenvalue weighted by Gasteiger charge is -2.24. The molecule has 1 amide bonds. The van der Waals surface area contributed by atoms with Gasteiger partial charge < -0.3 is 14.8 Å². The van der Waals surface area contributed by atoms with Gasteiger partial charge in [-0.15, -0.1) is 0 Å². The smallest absolute Gasteiger partial charge is 0.220 e. The van der Waals surface area contributed by atoms with Gasteiger partial charge in [0.2, 0.25) is 5.91 Å². The van der Waals surface area contributed by atoms with E-state index in [4.69, 9.17) is 9.47 Å². The van der Waals surface area contributed by atoms with E-state index < -0.39 is 0 Å². The van der Waals surface area contributed by atoms with Gasteiger partial charge >= 0.3 is 0 Å². The first-order valence-corrected chi connectivity index (χ1v) is 10.4. The Bertz CT molecular complexity index is 1080. The van der Waals surface area contributed by atoms with Gasteiger partial charge in [-0.05, 0) is 55.5 Å². The predicted octanol–water partition coefficient (Wildman–Crippen LogP) is 4.16. The van der Waals surface area contributed by atoms with Gasteiger partial charge in [-0.2, -0.15) is 5.10 Å². The SMILES string of the molecule is COc1ccc(CCC(=O)N[C@H]2CCCc3c2cnn3-c2ccccc2F)cc1OC. The average molecular weight is 423 g/mol. The Balaban J connectivity index is 1.43. The van der Waals surface area contributed by atoms with Crippen molar-refractivity contribution in [1.29, 1.82) is 0 Å². The summed E-state index contributed by atoms with van der Waals surface area (Å²) in [6, 6.07) is 12.2. The molecular formula is C24H26FN3O3. The minimum Gasteiger partial charge on any atom is -0.493 e.